The molecule has 0 N–H and O–H groups in total. The van der Waals surface area contributed by atoms with E-state index < -0.39 is 11.7 Å². The summed E-state index contributed by atoms with van der Waals surface area (Å²) in [6, 6.07) is 12.3. The number of fused-ring (bicyclic) bond motifs is 1. The Balaban J connectivity index is 1.28. The van der Waals surface area contributed by atoms with Gasteiger partial charge in [0.1, 0.15) is 35.7 Å². The summed E-state index contributed by atoms with van der Waals surface area (Å²) >= 11 is 0. The number of nitrogens with zero attached hydrogens (tertiary/aromatic N) is 3. The molecular weight excluding hydrogens is 555 g/mol. The Labute approximate surface area is 240 Å². The molecule has 0 aliphatic carbocycles. The van der Waals surface area contributed by atoms with E-state index in [1.54, 1.807) is 45.4 Å². The van der Waals surface area contributed by atoms with Gasteiger partial charge >= 0.3 is 6.18 Å². The van der Waals surface area contributed by atoms with Crippen molar-refractivity contribution in [3.63, 3.8) is 0 Å². The Morgan fingerprint density at radius 2 is 1.60 bits per heavy atom. The lowest BCUT2D eigenvalue weighted by Gasteiger charge is -2.29. The third kappa shape index (κ3) is 6.17. The number of ether oxygens (including phenoxy) is 6. The van der Waals surface area contributed by atoms with E-state index in [9.17, 15) is 13.2 Å². The van der Waals surface area contributed by atoms with Crippen LogP contribution in [-0.4, -0.2) is 43.4 Å². The lowest BCUT2D eigenvalue weighted by molar-refractivity contribution is -0.137. The molecule has 9 nitrogen and oxygen atoms in total. The van der Waals surface area contributed by atoms with Crippen LogP contribution in [0.1, 0.15) is 40.5 Å². The van der Waals surface area contributed by atoms with Gasteiger partial charge in [-0.25, -0.2) is 4.68 Å². The highest BCUT2D eigenvalue weighted by molar-refractivity contribution is 5.56. The molecule has 12 heteroatoms. The van der Waals surface area contributed by atoms with Crippen molar-refractivity contribution in [2.75, 3.05) is 28.4 Å². The van der Waals surface area contributed by atoms with Gasteiger partial charge in [0.25, 0.3) is 0 Å². The second-order valence-corrected chi connectivity index (χ2v) is 9.60. The maximum absolute atomic E-state index is 12.8. The van der Waals surface area contributed by atoms with Gasteiger partial charge in [0, 0.05) is 17.7 Å². The molecule has 1 aromatic heterocycles. The summed E-state index contributed by atoms with van der Waals surface area (Å²) in [7, 11) is 6.29. The number of benzene rings is 3. The van der Waals surface area contributed by atoms with Crippen LogP contribution < -0.4 is 28.4 Å². The molecule has 2 heterocycles. The number of halogens is 3. The number of hydrogen-bond acceptors (Lipinski definition) is 8. The molecule has 0 spiro atoms. The van der Waals surface area contributed by atoms with E-state index in [0.29, 0.717) is 52.2 Å². The molecule has 0 saturated carbocycles. The molecule has 4 aromatic rings. The summed E-state index contributed by atoms with van der Waals surface area (Å²) < 4.78 is 74.5. The van der Waals surface area contributed by atoms with Crippen LogP contribution in [0.15, 0.2) is 54.7 Å². The molecule has 222 valence electrons. The average molecular weight is 586 g/mol. The first-order valence-corrected chi connectivity index (χ1v) is 13.1. The summed E-state index contributed by atoms with van der Waals surface area (Å²) in [5, 5.41) is 8.19. The highest BCUT2D eigenvalue weighted by atomic mass is 19.4. The van der Waals surface area contributed by atoms with Gasteiger partial charge in [0.05, 0.1) is 46.7 Å². The Hall–Kier alpha value is -4.61. The van der Waals surface area contributed by atoms with Crippen LogP contribution in [0.3, 0.4) is 0 Å². The van der Waals surface area contributed by atoms with Crippen molar-refractivity contribution in [3.05, 3.63) is 82.7 Å². The SMILES string of the molecule is COc1cc(OCc2cn(Cc3ccc(C(F)(F)F)cc3)nn2)cc2c1CCC(c1cc(OC)c(OC)c(OC)c1)O2. The second kappa shape index (κ2) is 12.1. The van der Waals surface area contributed by atoms with E-state index >= 15 is 0 Å². The van der Waals surface area contributed by atoms with Gasteiger partial charge < -0.3 is 28.4 Å². The summed E-state index contributed by atoms with van der Waals surface area (Å²) in [5.41, 5.74) is 2.34. The fourth-order valence-corrected chi connectivity index (χ4v) is 4.85. The fourth-order valence-electron chi connectivity index (χ4n) is 4.85. The summed E-state index contributed by atoms with van der Waals surface area (Å²) in [4.78, 5) is 0. The molecule has 1 aliphatic heterocycles. The Morgan fingerprint density at radius 3 is 2.21 bits per heavy atom. The summed E-state index contributed by atoms with van der Waals surface area (Å²) in [6.07, 6.45) is -1.53. The first kappa shape index (κ1) is 28.9. The number of hydrogen-bond donors (Lipinski definition) is 0. The number of methoxy groups -OCH3 is 4. The number of aromatic nitrogens is 3. The molecule has 1 aliphatic rings. The average Bonchev–Trinajstić information content (AvgIpc) is 3.45. The minimum absolute atomic E-state index is 0.116. The van der Waals surface area contributed by atoms with E-state index in [4.69, 9.17) is 28.4 Å². The zero-order valence-electron chi connectivity index (χ0n) is 23.5. The molecular formula is C30H30F3N3O6. The number of alkyl halides is 3. The van der Waals surface area contributed by atoms with Gasteiger partial charge in [0.15, 0.2) is 11.5 Å². The van der Waals surface area contributed by atoms with Gasteiger partial charge in [-0.2, -0.15) is 13.2 Å². The first-order valence-electron chi connectivity index (χ1n) is 13.1. The molecule has 0 saturated heterocycles. The predicted octanol–water partition coefficient (Wildman–Crippen LogP) is 6.02. The fraction of sp³-hybridized carbons (Fsp3) is 0.333. The smallest absolute Gasteiger partial charge is 0.416 e. The Kier molecular flexibility index (Phi) is 8.32. The van der Waals surface area contributed by atoms with Crippen LogP contribution in [0.5, 0.6) is 34.5 Å². The molecule has 42 heavy (non-hydrogen) atoms. The molecule has 1 atom stereocenters. The van der Waals surface area contributed by atoms with Crippen LogP contribution in [0.25, 0.3) is 0 Å². The lowest BCUT2D eigenvalue weighted by Crippen LogP contribution is -2.16. The van der Waals surface area contributed by atoms with Crippen molar-refractivity contribution in [3.8, 4) is 34.5 Å². The van der Waals surface area contributed by atoms with Gasteiger partial charge in [-0.15, -0.1) is 5.10 Å². The second-order valence-electron chi connectivity index (χ2n) is 9.60. The van der Waals surface area contributed by atoms with Crippen molar-refractivity contribution < 1.29 is 41.6 Å². The van der Waals surface area contributed by atoms with Gasteiger partial charge in [-0.05, 0) is 48.2 Å². The normalized spacial score (nSPS) is 14.5. The van der Waals surface area contributed by atoms with Crippen LogP contribution >= 0.6 is 0 Å². The topological polar surface area (TPSA) is 86.1 Å². The van der Waals surface area contributed by atoms with Crippen molar-refractivity contribution in [1.82, 2.24) is 15.0 Å². The molecule has 3 aromatic carbocycles. The van der Waals surface area contributed by atoms with Gasteiger partial charge in [-0.1, -0.05) is 17.3 Å². The summed E-state index contributed by atoms with van der Waals surface area (Å²) in [6.45, 7) is 0.388. The van der Waals surface area contributed by atoms with Crippen molar-refractivity contribution in [2.24, 2.45) is 0 Å². The maximum Gasteiger partial charge on any atom is 0.416 e. The molecule has 0 amide bonds. The quantitative estimate of drug-likeness (QED) is 0.223. The van der Waals surface area contributed by atoms with Gasteiger partial charge in [0.2, 0.25) is 5.75 Å². The minimum Gasteiger partial charge on any atom is -0.496 e. The van der Waals surface area contributed by atoms with Crippen LogP contribution in [0, 0.1) is 0 Å². The van der Waals surface area contributed by atoms with Crippen molar-refractivity contribution >= 4 is 0 Å². The standard InChI is InChI=1S/C30H30F3N3O6/c1-37-25-13-22(41-17-21-16-36(35-34-21)15-18-5-7-20(8-6-18)30(31,32)33)14-26-23(25)9-10-24(42-26)19-11-27(38-2)29(40-4)28(12-19)39-3/h5-8,11-14,16,24H,9-10,15,17H2,1-4H3. The van der Waals surface area contributed by atoms with Crippen LogP contribution in [0.4, 0.5) is 13.2 Å². The molecule has 0 radical (unpaired) electrons. The zero-order chi connectivity index (χ0) is 29.9. The Morgan fingerprint density at radius 1 is 0.905 bits per heavy atom. The molecule has 1 unspecified atom stereocenters. The van der Waals surface area contributed by atoms with Gasteiger partial charge in [-0.3, -0.25) is 0 Å². The third-order valence-electron chi connectivity index (χ3n) is 6.94. The van der Waals surface area contributed by atoms with E-state index in [0.717, 1.165) is 29.7 Å². The van der Waals surface area contributed by atoms with Crippen molar-refractivity contribution in [1.29, 1.82) is 0 Å². The first-order chi connectivity index (χ1) is 20.2. The highest BCUT2D eigenvalue weighted by Gasteiger charge is 2.30. The minimum atomic E-state index is -4.38. The molecule has 0 fully saturated rings. The monoisotopic (exact) mass is 585 g/mol. The molecule has 5 rings (SSSR count). The highest BCUT2D eigenvalue weighted by Crippen LogP contribution is 2.46. The summed E-state index contributed by atoms with van der Waals surface area (Å²) in [5.74, 6) is 3.41. The zero-order valence-corrected chi connectivity index (χ0v) is 23.5. The van der Waals surface area contributed by atoms with E-state index in [1.807, 2.05) is 18.2 Å². The number of rotatable bonds is 10. The third-order valence-corrected chi connectivity index (χ3v) is 6.94. The molecule has 0 bridgehead atoms. The van der Waals surface area contributed by atoms with E-state index in [1.165, 1.54) is 12.1 Å². The van der Waals surface area contributed by atoms with Crippen LogP contribution in [-0.2, 0) is 25.7 Å². The van der Waals surface area contributed by atoms with Crippen molar-refractivity contribution in [2.45, 2.75) is 38.3 Å². The lowest BCUT2D eigenvalue weighted by atomic mass is 9.96. The largest absolute Gasteiger partial charge is 0.496 e. The Bertz CT molecular complexity index is 1510. The van der Waals surface area contributed by atoms with Crippen LogP contribution in [0.2, 0.25) is 0 Å². The maximum atomic E-state index is 12.8. The predicted molar refractivity (Wildman–Crippen MR) is 146 cm³/mol. The van der Waals surface area contributed by atoms with E-state index in [-0.39, 0.29) is 19.3 Å². The van der Waals surface area contributed by atoms with E-state index in [2.05, 4.69) is 10.3 Å².